The highest BCUT2D eigenvalue weighted by molar-refractivity contribution is 6.29. The fourth-order valence-corrected chi connectivity index (χ4v) is 2.22. The van der Waals surface area contributed by atoms with Crippen molar-refractivity contribution in [2.24, 2.45) is 0 Å². The Labute approximate surface area is 112 Å². The molecule has 5 nitrogen and oxygen atoms in total. The molecule has 1 aliphatic rings. The number of aryl methyl sites for hydroxylation is 1. The van der Waals surface area contributed by atoms with Gasteiger partial charge >= 0.3 is 0 Å². The Morgan fingerprint density at radius 1 is 1.33 bits per heavy atom. The van der Waals surface area contributed by atoms with Gasteiger partial charge in [-0.2, -0.15) is 0 Å². The molecular weight excluding hydrogens is 252 g/mol. The Kier molecular flexibility index (Phi) is 4.01. The molecule has 0 aliphatic carbocycles. The first-order valence-electron chi connectivity index (χ1n) is 6.14. The van der Waals surface area contributed by atoms with Gasteiger partial charge in [-0.3, -0.25) is 4.79 Å². The minimum atomic E-state index is 0.129. The summed E-state index contributed by atoms with van der Waals surface area (Å²) in [6.45, 7) is 6.65. The number of amides is 1. The third-order valence-electron chi connectivity index (χ3n) is 3.09. The highest BCUT2D eigenvalue weighted by Gasteiger charge is 2.20. The number of hydrogen-bond acceptors (Lipinski definition) is 4. The van der Waals surface area contributed by atoms with Gasteiger partial charge in [0.25, 0.3) is 0 Å². The SMILES string of the molecule is CCc1nc(Cl)cc(N2CCN(C(C)=O)CC2)n1. The van der Waals surface area contributed by atoms with Crippen LogP contribution in [0.3, 0.4) is 0 Å². The second kappa shape index (κ2) is 5.52. The summed E-state index contributed by atoms with van der Waals surface area (Å²) >= 11 is 5.98. The van der Waals surface area contributed by atoms with E-state index < -0.39 is 0 Å². The molecule has 0 bridgehead atoms. The first-order chi connectivity index (χ1) is 8.60. The lowest BCUT2D eigenvalue weighted by Gasteiger charge is -2.35. The first-order valence-corrected chi connectivity index (χ1v) is 6.52. The van der Waals surface area contributed by atoms with E-state index in [1.165, 1.54) is 0 Å². The van der Waals surface area contributed by atoms with Gasteiger partial charge in [0.05, 0.1) is 0 Å². The zero-order valence-corrected chi connectivity index (χ0v) is 11.4. The third kappa shape index (κ3) is 2.90. The maximum atomic E-state index is 11.3. The molecule has 2 heterocycles. The molecule has 1 aliphatic heterocycles. The number of nitrogens with zero attached hydrogens (tertiary/aromatic N) is 4. The van der Waals surface area contributed by atoms with Crippen LogP contribution >= 0.6 is 11.6 Å². The summed E-state index contributed by atoms with van der Waals surface area (Å²) < 4.78 is 0. The van der Waals surface area contributed by atoms with E-state index in [2.05, 4.69) is 14.9 Å². The Hall–Kier alpha value is -1.36. The van der Waals surface area contributed by atoms with Crippen LogP contribution in [0.5, 0.6) is 0 Å². The molecule has 1 aromatic heterocycles. The molecule has 1 fully saturated rings. The lowest BCUT2D eigenvalue weighted by Crippen LogP contribution is -2.48. The van der Waals surface area contributed by atoms with E-state index in [1.807, 2.05) is 11.8 Å². The number of carbonyl (C=O) groups is 1. The maximum absolute atomic E-state index is 11.3. The van der Waals surface area contributed by atoms with Crippen molar-refractivity contribution in [3.63, 3.8) is 0 Å². The number of piperazine rings is 1. The fourth-order valence-electron chi connectivity index (χ4n) is 2.02. The van der Waals surface area contributed by atoms with E-state index in [4.69, 9.17) is 11.6 Å². The van der Waals surface area contributed by atoms with Crippen LogP contribution in [-0.4, -0.2) is 47.0 Å². The predicted molar refractivity (Wildman–Crippen MR) is 70.9 cm³/mol. The van der Waals surface area contributed by atoms with Crippen LogP contribution < -0.4 is 4.90 Å². The van der Waals surface area contributed by atoms with Crippen molar-refractivity contribution in [2.75, 3.05) is 31.1 Å². The molecule has 1 saturated heterocycles. The van der Waals surface area contributed by atoms with Gasteiger partial charge in [0.1, 0.15) is 16.8 Å². The minimum Gasteiger partial charge on any atom is -0.353 e. The van der Waals surface area contributed by atoms with Crippen LogP contribution in [0.25, 0.3) is 0 Å². The van der Waals surface area contributed by atoms with Crippen molar-refractivity contribution in [3.05, 3.63) is 17.0 Å². The molecule has 98 valence electrons. The van der Waals surface area contributed by atoms with Crippen molar-refractivity contribution in [3.8, 4) is 0 Å². The molecular formula is C12H17ClN4O. The fraction of sp³-hybridized carbons (Fsp3) is 0.583. The smallest absolute Gasteiger partial charge is 0.219 e. The van der Waals surface area contributed by atoms with Crippen LogP contribution in [0.15, 0.2) is 6.07 Å². The van der Waals surface area contributed by atoms with E-state index in [9.17, 15) is 4.79 Å². The Bertz CT molecular complexity index is 444. The lowest BCUT2D eigenvalue weighted by molar-refractivity contribution is -0.129. The molecule has 0 N–H and O–H groups in total. The summed E-state index contributed by atoms with van der Waals surface area (Å²) in [7, 11) is 0. The summed E-state index contributed by atoms with van der Waals surface area (Å²) in [5, 5.41) is 0.478. The monoisotopic (exact) mass is 268 g/mol. The second-order valence-electron chi connectivity index (χ2n) is 4.31. The van der Waals surface area contributed by atoms with Crippen molar-refractivity contribution in [1.82, 2.24) is 14.9 Å². The van der Waals surface area contributed by atoms with Gasteiger partial charge in [0.15, 0.2) is 0 Å². The molecule has 0 spiro atoms. The molecule has 18 heavy (non-hydrogen) atoms. The van der Waals surface area contributed by atoms with Gasteiger partial charge in [0.2, 0.25) is 5.91 Å². The highest BCUT2D eigenvalue weighted by Crippen LogP contribution is 2.18. The number of halogens is 1. The maximum Gasteiger partial charge on any atom is 0.219 e. The topological polar surface area (TPSA) is 49.3 Å². The van der Waals surface area contributed by atoms with Gasteiger partial charge in [-0.15, -0.1) is 0 Å². The second-order valence-corrected chi connectivity index (χ2v) is 4.70. The average Bonchev–Trinajstić information content (AvgIpc) is 2.38. The molecule has 0 saturated carbocycles. The number of hydrogen-bond donors (Lipinski definition) is 0. The molecule has 6 heteroatoms. The average molecular weight is 269 g/mol. The lowest BCUT2D eigenvalue weighted by atomic mass is 10.3. The molecule has 0 unspecified atom stereocenters. The summed E-state index contributed by atoms with van der Waals surface area (Å²) in [5.41, 5.74) is 0. The molecule has 0 atom stereocenters. The van der Waals surface area contributed by atoms with E-state index in [-0.39, 0.29) is 5.91 Å². The normalized spacial score (nSPS) is 15.9. The molecule has 1 amide bonds. The third-order valence-corrected chi connectivity index (χ3v) is 3.29. The van der Waals surface area contributed by atoms with Crippen LogP contribution in [0, 0.1) is 0 Å². The van der Waals surface area contributed by atoms with Gasteiger partial charge in [-0.05, 0) is 0 Å². The number of carbonyl (C=O) groups excluding carboxylic acids is 1. The number of anilines is 1. The quantitative estimate of drug-likeness (QED) is 0.760. The number of aromatic nitrogens is 2. The summed E-state index contributed by atoms with van der Waals surface area (Å²) in [5.74, 6) is 1.74. The molecule has 0 aromatic carbocycles. The van der Waals surface area contributed by atoms with Crippen LogP contribution in [-0.2, 0) is 11.2 Å². The summed E-state index contributed by atoms with van der Waals surface area (Å²) in [6.07, 6.45) is 0.765. The molecule has 1 aromatic rings. The van der Waals surface area contributed by atoms with Gasteiger partial charge in [-0.1, -0.05) is 18.5 Å². The standard InChI is InChI=1S/C12H17ClN4O/c1-3-11-14-10(13)8-12(15-11)17-6-4-16(5-7-17)9(2)18/h8H,3-7H2,1-2H3. The Morgan fingerprint density at radius 3 is 2.56 bits per heavy atom. The Balaban J connectivity index is 2.09. The van der Waals surface area contributed by atoms with Gasteiger partial charge in [-0.25, -0.2) is 9.97 Å². The van der Waals surface area contributed by atoms with E-state index in [1.54, 1.807) is 13.0 Å². The zero-order chi connectivity index (χ0) is 13.1. The first kappa shape index (κ1) is 13.1. The largest absolute Gasteiger partial charge is 0.353 e. The minimum absolute atomic E-state index is 0.129. The Morgan fingerprint density at radius 2 is 2.00 bits per heavy atom. The van der Waals surface area contributed by atoms with Crippen molar-refractivity contribution in [1.29, 1.82) is 0 Å². The molecule has 0 radical (unpaired) electrons. The highest BCUT2D eigenvalue weighted by atomic mass is 35.5. The van der Waals surface area contributed by atoms with Crippen molar-refractivity contribution >= 4 is 23.3 Å². The molecule has 2 rings (SSSR count). The van der Waals surface area contributed by atoms with E-state index in [0.29, 0.717) is 5.15 Å². The van der Waals surface area contributed by atoms with Crippen LogP contribution in [0.4, 0.5) is 5.82 Å². The van der Waals surface area contributed by atoms with Crippen LogP contribution in [0.2, 0.25) is 5.15 Å². The summed E-state index contributed by atoms with van der Waals surface area (Å²) in [6, 6.07) is 1.78. The van der Waals surface area contributed by atoms with E-state index in [0.717, 1.165) is 44.2 Å². The van der Waals surface area contributed by atoms with Crippen molar-refractivity contribution in [2.45, 2.75) is 20.3 Å². The van der Waals surface area contributed by atoms with E-state index >= 15 is 0 Å². The van der Waals surface area contributed by atoms with Gasteiger partial charge in [0, 0.05) is 45.6 Å². The van der Waals surface area contributed by atoms with Gasteiger partial charge < -0.3 is 9.80 Å². The summed E-state index contributed by atoms with van der Waals surface area (Å²) in [4.78, 5) is 23.9. The van der Waals surface area contributed by atoms with Crippen molar-refractivity contribution < 1.29 is 4.79 Å². The number of rotatable bonds is 2. The van der Waals surface area contributed by atoms with Crippen LogP contribution in [0.1, 0.15) is 19.7 Å². The zero-order valence-electron chi connectivity index (χ0n) is 10.7. The predicted octanol–water partition coefficient (Wildman–Crippen LogP) is 1.36.